The molecule has 0 saturated carbocycles. The molecule has 2 aromatic heterocycles. The molecule has 4 rings (SSSR count). The summed E-state index contributed by atoms with van der Waals surface area (Å²) in [6.07, 6.45) is 1.74. The SMILES string of the molecule is CC(C)(O)C(C)(C)OBc1nccc2oc3cc4ccccc4cc3c12. The predicted molar refractivity (Wildman–Crippen MR) is 107 cm³/mol. The van der Waals surface area contributed by atoms with Crippen LogP contribution in [0.1, 0.15) is 27.7 Å². The lowest BCUT2D eigenvalue weighted by molar-refractivity contribution is -0.0893. The van der Waals surface area contributed by atoms with Gasteiger partial charge in [0.25, 0.3) is 0 Å². The van der Waals surface area contributed by atoms with Crippen LogP contribution in [0.25, 0.3) is 32.7 Å². The van der Waals surface area contributed by atoms with Gasteiger partial charge in [0.15, 0.2) is 0 Å². The van der Waals surface area contributed by atoms with Gasteiger partial charge in [-0.15, -0.1) is 0 Å². The molecule has 2 aromatic carbocycles. The maximum absolute atomic E-state index is 10.3. The highest BCUT2D eigenvalue weighted by Crippen LogP contribution is 2.31. The third-order valence-corrected chi connectivity index (χ3v) is 5.37. The van der Waals surface area contributed by atoms with Crippen LogP contribution in [0.2, 0.25) is 0 Å². The predicted octanol–water partition coefficient (Wildman–Crippen LogP) is 3.68. The Bertz CT molecular complexity index is 1110. The second-order valence-corrected chi connectivity index (χ2v) is 7.79. The van der Waals surface area contributed by atoms with Gasteiger partial charge in [0.1, 0.15) is 11.2 Å². The molecule has 4 aromatic rings. The van der Waals surface area contributed by atoms with E-state index in [1.54, 1.807) is 20.0 Å². The minimum absolute atomic E-state index is 0.301. The number of hydrogen-bond acceptors (Lipinski definition) is 4. The lowest BCUT2D eigenvalue weighted by Gasteiger charge is -2.37. The molecule has 26 heavy (non-hydrogen) atoms. The second-order valence-electron chi connectivity index (χ2n) is 7.79. The standard InChI is InChI=1S/C21H22BNO3/c1-20(2,24)21(3,4)26-22-19-18-15-11-13-7-5-6-8-14(13)12-17(15)25-16(18)9-10-23-19/h5-12,22,24H,1-4H3. The molecule has 0 aliphatic heterocycles. The molecule has 4 nitrogen and oxygen atoms in total. The van der Waals surface area contributed by atoms with Crippen molar-refractivity contribution >= 4 is 45.8 Å². The molecular weight excluding hydrogens is 325 g/mol. The monoisotopic (exact) mass is 347 g/mol. The molecule has 0 saturated heterocycles. The van der Waals surface area contributed by atoms with Crippen molar-refractivity contribution in [3.8, 4) is 0 Å². The van der Waals surface area contributed by atoms with Crippen LogP contribution in [0.4, 0.5) is 0 Å². The highest BCUT2D eigenvalue weighted by Gasteiger charge is 2.36. The minimum atomic E-state index is -0.963. The molecule has 0 aliphatic rings. The normalized spacial score (nSPS) is 13.0. The van der Waals surface area contributed by atoms with Crippen molar-refractivity contribution in [2.45, 2.75) is 38.9 Å². The molecule has 0 spiro atoms. The molecule has 1 N–H and O–H groups in total. The van der Waals surface area contributed by atoms with E-state index in [0.717, 1.165) is 38.3 Å². The molecule has 0 amide bonds. The summed E-state index contributed by atoms with van der Waals surface area (Å²) in [6, 6.07) is 14.3. The second kappa shape index (κ2) is 5.83. The van der Waals surface area contributed by atoms with Gasteiger partial charge in [0.2, 0.25) is 0 Å². The lowest BCUT2D eigenvalue weighted by Crippen LogP contribution is -2.49. The van der Waals surface area contributed by atoms with Crippen LogP contribution < -0.4 is 5.59 Å². The zero-order valence-electron chi connectivity index (χ0n) is 15.5. The summed E-state index contributed by atoms with van der Waals surface area (Å²) in [5.41, 5.74) is 0.784. The number of benzene rings is 2. The van der Waals surface area contributed by atoms with Crippen molar-refractivity contribution < 1.29 is 14.2 Å². The third-order valence-electron chi connectivity index (χ3n) is 5.37. The van der Waals surface area contributed by atoms with Crippen molar-refractivity contribution in [3.63, 3.8) is 0 Å². The van der Waals surface area contributed by atoms with Gasteiger partial charge >= 0.3 is 7.48 Å². The number of fused-ring (bicyclic) bond motifs is 4. The van der Waals surface area contributed by atoms with Gasteiger partial charge in [-0.1, -0.05) is 24.3 Å². The van der Waals surface area contributed by atoms with Crippen molar-refractivity contribution in [3.05, 3.63) is 48.7 Å². The van der Waals surface area contributed by atoms with E-state index in [9.17, 15) is 5.11 Å². The van der Waals surface area contributed by atoms with Gasteiger partial charge in [-0.2, -0.15) is 0 Å². The number of rotatable bonds is 4. The summed E-state index contributed by atoms with van der Waals surface area (Å²) < 4.78 is 12.1. The minimum Gasteiger partial charge on any atom is -0.456 e. The zero-order chi connectivity index (χ0) is 18.5. The summed E-state index contributed by atoms with van der Waals surface area (Å²) in [5, 5.41) is 14.6. The van der Waals surface area contributed by atoms with Crippen LogP contribution in [0.5, 0.6) is 0 Å². The van der Waals surface area contributed by atoms with Gasteiger partial charge in [-0.05, 0) is 56.7 Å². The zero-order valence-corrected chi connectivity index (χ0v) is 15.5. The van der Waals surface area contributed by atoms with E-state index in [-0.39, 0.29) is 0 Å². The molecule has 0 aliphatic carbocycles. The van der Waals surface area contributed by atoms with Gasteiger partial charge in [0, 0.05) is 22.6 Å². The first kappa shape index (κ1) is 17.1. The summed E-state index contributed by atoms with van der Waals surface area (Å²) >= 11 is 0. The van der Waals surface area contributed by atoms with Crippen molar-refractivity contribution in [1.82, 2.24) is 4.98 Å². The Kier molecular flexibility index (Phi) is 3.83. The molecule has 0 bridgehead atoms. The summed E-state index contributed by atoms with van der Waals surface area (Å²) in [6.45, 7) is 7.27. The van der Waals surface area contributed by atoms with E-state index in [0.29, 0.717) is 7.48 Å². The summed E-state index contributed by atoms with van der Waals surface area (Å²) in [7, 11) is 0.301. The number of nitrogens with zero attached hydrogens (tertiary/aromatic N) is 1. The average molecular weight is 347 g/mol. The Balaban J connectivity index is 1.84. The fraction of sp³-hybridized carbons (Fsp3) is 0.286. The lowest BCUT2D eigenvalue weighted by atomic mass is 9.83. The van der Waals surface area contributed by atoms with Crippen LogP contribution >= 0.6 is 0 Å². The van der Waals surface area contributed by atoms with E-state index in [1.165, 1.54) is 0 Å². The van der Waals surface area contributed by atoms with Crippen LogP contribution in [0, 0.1) is 0 Å². The number of furan rings is 1. The third kappa shape index (κ3) is 2.77. The van der Waals surface area contributed by atoms with E-state index in [4.69, 9.17) is 9.07 Å². The quantitative estimate of drug-likeness (QED) is 0.572. The van der Waals surface area contributed by atoms with Gasteiger partial charge < -0.3 is 14.2 Å². The van der Waals surface area contributed by atoms with E-state index < -0.39 is 11.2 Å². The van der Waals surface area contributed by atoms with Crippen LogP contribution in [-0.2, 0) is 4.65 Å². The van der Waals surface area contributed by atoms with E-state index in [2.05, 4.69) is 29.2 Å². The first-order valence-corrected chi connectivity index (χ1v) is 8.81. The van der Waals surface area contributed by atoms with E-state index in [1.807, 2.05) is 32.0 Å². The van der Waals surface area contributed by atoms with Crippen molar-refractivity contribution in [2.75, 3.05) is 0 Å². The summed E-state index contributed by atoms with van der Waals surface area (Å²) in [5.74, 6) is 0. The van der Waals surface area contributed by atoms with Crippen LogP contribution in [0.3, 0.4) is 0 Å². The molecule has 2 heterocycles. The molecule has 0 unspecified atom stereocenters. The number of pyridine rings is 1. The maximum Gasteiger partial charge on any atom is 0.330 e. The Hall–Kier alpha value is -2.37. The van der Waals surface area contributed by atoms with Gasteiger partial charge in [-0.3, -0.25) is 4.98 Å². The highest BCUT2D eigenvalue weighted by atomic mass is 16.5. The number of aliphatic hydroxyl groups is 1. The van der Waals surface area contributed by atoms with Crippen molar-refractivity contribution in [2.24, 2.45) is 0 Å². The fourth-order valence-electron chi connectivity index (χ4n) is 3.01. The topological polar surface area (TPSA) is 55.5 Å². The Morgan fingerprint density at radius 3 is 2.38 bits per heavy atom. The number of aromatic nitrogens is 1. The molecule has 5 heteroatoms. The Labute approximate surface area is 153 Å². The highest BCUT2D eigenvalue weighted by molar-refractivity contribution is 6.51. The molecular formula is C21H22BNO3. The first-order valence-electron chi connectivity index (χ1n) is 8.81. The number of hydrogen-bond donors (Lipinski definition) is 1. The average Bonchev–Trinajstić information content (AvgIpc) is 2.95. The largest absolute Gasteiger partial charge is 0.456 e. The molecule has 132 valence electrons. The first-order chi connectivity index (χ1) is 12.3. The molecule has 0 radical (unpaired) electrons. The summed E-state index contributed by atoms with van der Waals surface area (Å²) in [4.78, 5) is 4.53. The van der Waals surface area contributed by atoms with Crippen LogP contribution in [0.15, 0.2) is 53.1 Å². The fourth-order valence-corrected chi connectivity index (χ4v) is 3.01. The Morgan fingerprint density at radius 2 is 1.69 bits per heavy atom. The van der Waals surface area contributed by atoms with Crippen LogP contribution in [-0.4, -0.2) is 28.8 Å². The molecule has 0 atom stereocenters. The van der Waals surface area contributed by atoms with E-state index >= 15 is 0 Å². The maximum atomic E-state index is 10.3. The van der Waals surface area contributed by atoms with Gasteiger partial charge in [0.05, 0.1) is 11.2 Å². The van der Waals surface area contributed by atoms with Gasteiger partial charge in [-0.25, -0.2) is 0 Å². The van der Waals surface area contributed by atoms with Crippen molar-refractivity contribution in [1.29, 1.82) is 0 Å². The molecule has 0 fully saturated rings. The Morgan fingerprint density at radius 1 is 1.00 bits per heavy atom. The smallest absolute Gasteiger partial charge is 0.330 e.